The lowest BCUT2D eigenvalue weighted by Crippen LogP contribution is -2.00. The number of nitrogens with zero attached hydrogens (tertiary/aromatic N) is 6. The van der Waals surface area contributed by atoms with Gasteiger partial charge in [0.25, 0.3) is 0 Å². The van der Waals surface area contributed by atoms with E-state index in [2.05, 4.69) is 159 Å². The van der Waals surface area contributed by atoms with Gasteiger partial charge in [-0.3, -0.25) is 0 Å². The van der Waals surface area contributed by atoms with Crippen LogP contribution < -0.4 is 0 Å². The molecule has 6 heteroatoms. The molecule has 12 rings (SSSR count). The summed E-state index contributed by atoms with van der Waals surface area (Å²) in [4.78, 5) is 14.9. The highest BCUT2D eigenvalue weighted by molar-refractivity contribution is 6.31. The van der Waals surface area contributed by atoms with Crippen LogP contribution in [0.2, 0.25) is 0 Å². The van der Waals surface area contributed by atoms with E-state index in [-0.39, 0.29) is 0 Å². The summed E-state index contributed by atoms with van der Waals surface area (Å²) in [6, 6.07) is 72.5. The minimum atomic E-state index is 0.631. The van der Waals surface area contributed by atoms with Crippen LogP contribution in [0.3, 0.4) is 0 Å². The van der Waals surface area contributed by atoms with Crippen molar-refractivity contribution < 1.29 is 0 Å². The van der Waals surface area contributed by atoms with Crippen molar-refractivity contribution in [3.63, 3.8) is 0 Å². The maximum atomic E-state index is 5.00. The highest BCUT2D eigenvalue weighted by Gasteiger charge is 2.26. The van der Waals surface area contributed by atoms with Crippen LogP contribution in [0.4, 0.5) is 0 Å². The predicted molar refractivity (Wildman–Crippen MR) is 242 cm³/mol. The van der Waals surface area contributed by atoms with E-state index in [9.17, 15) is 0 Å². The van der Waals surface area contributed by atoms with E-state index in [1.54, 1.807) is 0 Å². The summed E-state index contributed by atoms with van der Waals surface area (Å²) in [6.07, 6.45) is 0. The van der Waals surface area contributed by atoms with Crippen molar-refractivity contribution in [3.8, 4) is 51.2 Å². The molecular formula is C53H34N6. The topological polar surface area (TPSA) is 53.5 Å². The lowest BCUT2D eigenvalue weighted by atomic mass is 10.1. The first-order valence-corrected chi connectivity index (χ1v) is 19.9. The number of hydrogen-bond acceptors (Lipinski definition) is 3. The Morgan fingerprint density at radius 2 is 0.644 bits per heavy atom. The van der Waals surface area contributed by atoms with Gasteiger partial charge in [0.2, 0.25) is 0 Å². The van der Waals surface area contributed by atoms with Crippen LogP contribution in [0.1, 0.15) is 0 Å². The molecule has 0 spiro atoms. The third-order valence-electron chi connectivity index (χ3n) is 11.5. The van der Waals surface area contributed by atoms with Crippen molar-refractivity contribution in [1.82, 2.24) is 28.7 Å². The van der Waals surface area contributed by atoms with Gasteiger partial charge in [-0.05, 0) is 72.8 Å². The molecule has 59 heavy (non-hydrogen) atoms. The summed E-state index contributed by atoms with van der Waals surface area (Å²) in [7, 11) is 0. The fourth-order valence-electron chi connectivity index (χ4n) is 8.94. The Balaban J connectivity index is 1.11. The normalized spacial score (nSPS) is 11.7. The monoisotopic (exact) mass is 754 g/mol. The highest BCUT2D eigenvalue weighted by atomic mass is 15.1. The van der Waals surface area contributed by atoms with Crippen LogP contribution in [0.5, 0.6) is 0 Å². The van der Waals surface area contributed by atoms with Crippen molar-refractivity contribution >= 4 is 54.6 Å². The van der Waals surface area contributed by atoms with Crippen LogP contribution in [0.15, 0.2) is 206 Å². The number of rotatable bonds is 6. The molecule has 0 saturated carbocycles. The van der Waals surface area contributed by atoms with E-state index in [4.69, 9.17) is 15.0 Å². The molecule has 4 heterocycles. The molecule has 8 aromatic carbocycles. The third-order valence-corrected chi connectivity index (χ3v) is 11.5. The minimum Gasteiger partial charge on any atom is -0.309 e. The maximum Gasteiger partial charge on any atom is 0.164 e. The Bertz CT molecular complexity index is 3420. The van der Waals surface area contributed by atoms with Gasteiger partial charge >= 0.3 is 0 Å². The van der Waals surface area contributed by atoms with E-state index in [1.165, 1.54) is 43.6 Å². The largest absolute Gasteiger partial charge is 0.309 e. The molecule has 0 fully saturated rings. The van der Waals surface area contributed by atoms with Crippen LogP contribution in [0, 0.1) is 0 Å². The Labute approximate surface area is 339 Å². The zero-order valence-corrected chi connectivity index (χ0v) is 31.8. The van der Waals surface area contributed by atoms with Gasteiger partial charge in [0, 0.05) is 55.3 Å². The van der Waals surface area contributed by atoms with Crippen LogP contribution in [0.25, 0.3) is 106 Å². The molecule has 0 saturated heterocycles. The summed E-state index contributed by atoms with van der Waals surface area (Å²) >= 11 is 0. The first kappa shape index (κ1) is 33.1. The highest BCUT2D eigenvalue weighted by Crippen LogP contribution is 2.46. The van der Waals surface area contributed by atoms with Crippen LogP contribution in [-0.2, 0) is 0 Å². The number of aromatic nitrogens is 6. The molecule has 0 bridgehead atoms. The molecule has 0 amide bonds. The van der Waals surface area contributed by atoms with Gasteiger partial charge in [-0.15, -0.1) is 0 Å². The molecule has 12 aromatic rings. The molecule has 0 aliphatic rings. The fourth-order valence-corrected chi connectivity index (χ4v) is 8.94. The zero-order chi connectivity index (χ0) is 38.9. The maximum absolute atomic E-state index is 5.00. The molecule has 276 valence electrons. The molecule has 6 nitrogen and oxygen atoms in total. The second-order valence-corrected chi connectivity index (χ2v) is 14.8. The van der Waals surface area contributed by atoms with Crippen molar-refractivity contribution in [2.24, 2.45) is 0 Å². The molecule has 0 unspecified atom stereocenters. The van der Waals surface area contributed by atoms with Gasteiger partial charge in [-0.2, -0.15) is 0 Å². The van der Waals surface area contributed by atoms with Crippen molar-refractivity contribution in [2.75, 3.05) is 0 Å². The standard InChI is InChI=1S/C53H34N6/c1-5-17-35(18-6-1)51-54-52(36-19-7-2-8-20-36)56-53(55-51)37-29-31-40(32-30-37)57-43-27-15-13-25-41(43)47-45(57)33-34-46-48(47)50-49(59(46)39-23-11-4-12-24-39)42-26-14-16-28-44(42)58(50)38-21-9-3-10-22-38/h1-34H. The van der Waals surface area contributed by atoms with Crippen molar-refractivity contribution in [3.05, 3.63) is 206 Å². The minimum absolute atomic E-state index is 0.631. The quantitative estimate of drug-likeness (QED) is 0.170. The lowest BCUT2D eigenvalue weighted by molar-refractivity contribution is 1.07. The first-order chi connectivity index (χ1) is 29.3. The van der Waals surface area contributed by atoms with Gasteiger partial charge in [0.1, 0.15) is 0 Å². The lowest BCUT2D eigenvalue weighted by Gasteiger charge is -2.11. The summed E-state index contributed by atoms with van der Waals surface area (Å²) in [5.41, 5.74) is 13.1. The van der Waals surface area contributed by atoms with Crippen LogP contribution in [-0.4, -0.2) is 28.7 Å². The molecule has 0 radical (unpaired) electrons. The second kappa shape index (κ2) is 13.3. The SMILES string of the molecule is c1ccc(-c2nc(-c3ccccc3)nc(-c3ccc(-n4c5ccccc5c5c6c(ccc54)n(-c4ccccc4)c4c5ccccc5n(-c5ccccc5)c64)cc3)n2)cc1. The van der Waals surface area contributed by atoms with E-state index in [0.717, 1.165) is 44.8 Å². The Hall–Kier alpha value is -8.09. The molecule has 4 aromatic heterocycles. The molecule has 0 N–H and O–H groups in total. The fraction of sp³-hybridized carbons (Fsp3) is 0. The van der Waals surface area contributed by atoms with Crippen molar-refractivity contribution in [2.45, 2.75) is 0 Å². The number of hydrogen-bond donors (Lipinski definition) is 0. The average Bonchev–Trinajstić information content (AvgIpc) is 3.95. The van der Waals surface area contributed by atoms with E-state index in [0.29, 0.717) is 17.5 Å². The average molecular weight is 755 g/mol. The summed E-state index contributed by atoms with van der Waals surface area (Å²) in [5.74, 6) is 1.92. The number of para-hydroxylation sites is 4. The molecule has 0 aliphatic heterocycles. The molecular weight excluding hydrogens is 721 g/mol. The summed E-state index contributed by atoms with van der Waals surface area (Å²) in [5, 5.41) is 4.86. The first-order valence-electron chi connectivity index (χ1n) is 19.9. The smallest absolute Gasteiger partial charge is 0.164 e. The van der Waals surface area contributed by atoms with E-state index >= 15 is 0 Å². The number of benzene rings is 8. The zero-order valence-electron chi connectivity index (χ0n) is 31.8. The van der Waals surface area contributed by atoms with Gasteiger partial charge in [-0.1, -0.05) is 133 Å². The Morgan fingerprint density at radius 3 is 1.19 bits per heavy atom. The molecule has 0 aliphatic carbocycles. The van der Waals surface area contributed by atoms with Gasteiger partial charge in [0.15, 0.2) is 17.5 Å². The van der Waals surface area contributed by atoms with Crippen molar-refractivity contribution in [1.29, 1.82) is 0 Å². The predicted octanol–water partition coefficient (Wildman–Crippen LogP) is 13.0. The number of fused-ring (bicyclic) bond motifs is 9. The van der Waals surface area contributed by atoms with Gasteiger partial charge in [0.05, 0.1) is 33.1 Å². The van der Waals surface area contributed by atoms with Gasteiger partial charge in [-0.25, -0.2) is 15.0 Å². The Kier molecular flexibility index (Phi) is 7.43. The summed E-state index contributed by atoms with van der Waals surface area (Å²) in [6.45, 7) is 0. The van der Waals surface area contributed by atoms with E-state index in [1.807, 2.05) is 60.7 Å². The molecule has 0 atom stereocenters. The van der Waals surface area contributed by atoms with E-state index < -0.39 is 0 Å². The summed E-state index contributed by atoms with van der Waals surface area (Å²) < 4.78 is 7.30. The third kappa shape index (κ3) is 5.17. The van der Waals surface area contributed by atoms with Gasteiger partial charge < -0.3 is 13.7 Å². The van der Waals surface area contributed by atoms with Crippen LogP contribution >= 0.6 is 0 Å². The second-order valence-electron chi connectivity index (χ2n) is 14.8. The Morgan fingerprint density at radius 1 is 0.254 bits per heavy atom.